The van der Waals surface area contributed by atoms with Gasteiger partial charge in [-0.1, -0.05) is 18.7 Å². The summed E-state index contributed by atoms with van der Waals surface area (Å²) in [4.78, 5) is 29.3. The largest absolute Gasteiger partial charge is 0.364 e. The van der Waals surface area contributed by atoms with Gasteiger partial charge in [0, 0.05) is 38.9 Å². The van der Waals surface area contributed by atoms with Crippen LogP contribution in [0.5, 0.6) is 0 Å². The average molecular weight is 512 g/mol. The summed E-state index contributed by atoms with van der Waals surface area (Å²) < 4.78 is 30.1. The van der Waals surface area contributed by atoms with Gasteiger partial charge in [0.05, 0.1) is 17.3 Å². The highest BCUT2D eigenvalue weighted by Crippen LogP contribution is 2.35. The Labute approximate surface area is 217 Å². The summed E-state index contributed by atoms with van der Waals surface area (Å²) in [6.07, 6.45) is 1.53. The van der Waals surface area contributed by atoms with Crippen LogP contribution >= 0.6 is 0 Å². The van der Waals surface area contributed by atoms with Crippen molar-refractivity contribution in [2.24, 2.45) is 7.05 Å². The number of hydrogen-bond acceptors (Lipinski definition) is 6. The first-order valence-corrected chi connectivity index (χ1v) is 12.0. The van der Waals surface area contributed by atoms with Crippen molar-refractivity contribution in [1.29, 1.82) is 5.26 Å². The second-order valence-corrected chi connectivity index (χ2v) is 9.21. The third-order valence-corrected chi connectivity index (χ3v) is 6.98. The van der Waals surface area contributed by atoms with Gasteiger partial charge in [0.2, 0.25) is 5.52 Å². The summed E-state index contributed by atoms with van der Waals surface area (Å²) in [6.45, 7) is 10.6. The number of aryl methyl sites for hydroxylation is 1. The number of piperazine rings is 1. The Bertz CT molecular complexity index is 1670. The minimum atomic E-state index is -0.573. The Morgan fingerprint density at radius 2 is 1.92 bits per heavy atom. The summed E-state index contributed by atoms with van der Waals surface area (Å²) in [7, 11) is 1.57. The monoisotopic (exact) mass is 511 g/mol. The number of fused-ring (bicyclic) bond motifs is 1. The summed E-state index contributed by atoms with van der Waals surface area (Å²) >= 11 is 0. The molecule has 10 heteroatoms. The van der Waals surface area contributed by atoms with Gasteiger partial charge >= 0.3 is 0 Å². The van der Waals surface area contributed by atoms with Gasteiger partial charge in [0.1, 0.15) is 29.0 Å². The van der Waals surface area contributed by atoms with Crippen molar-refractivity contribution in [3.8, 4) is 6.07 Å². The molecular formula is C28H23F2N7O. The Hall–Kier alpha value is -4.67. The number of rotatable bonds is 4. The lowest BCUT2D eigenvalue weighted by molar-refractivity contribution is 0.145. The predicted octanol–water partition coefficient (Wildman–Crippen LogP) is 4.33. The molecule has 0 spiro atoms. The van der Waals surface area contributed by atoms with E-state index in [-0.39, 0.29) is 28.9 Å². The molecule has 0 bridgehead atoms. The summed E-state index contributed by atoms with van der Waals surface area (Å²) in [5.74, 6) is -0.689. The van der Waals surface area contributed by atoms with Crippen molar-refractivity contribution in [3.05, 3.63) is 105 Å². The Morgan fingerprint density at radius 1 is 1.16 bits per heavy atom. The smallest absolute Gasteiger partial charge is 0.271 e. The molecule has 38 heavy (non-hydrogen) atoms. The van der Waals surface area contributed by atoms with Gasteiger partial charge in [0.15, 0.2) is 0 Å². The zero-order valence-corrected chi connectivity index (χ0v) is 20.8. The van der Waals surface area contributed by atoms with Crippen LogP contribution in [-0.4, -0.2) is 45.1 Å². The normalized spacial score (nSPS) is 16.7. The van der Waals surface area contributed by atoms with E-state index in [9.17, 15) is 18.8 Å². The van der Waals surface area contributed by atoms with Crippen molar-refractivity contribution >= 4 is 22.5 Å². The molecule has 4 aromatic rings. The van der Waals surface area contributed by atoms with Crippen molar-refractivity contribution in [1.82, 2.24) is 19.4 Å². The van der Waals surface area contributed by atoms with E-state index in [0.29, 0.717) is 41.9 Å². The average Bonchev–Trinajstić information content (AvgIpc) is 2.93. The first-order chi connectivity index (χ1) is 18.3. The number of halogens is 2. The van der Waals surface area contributed by atoms with Crippen molar-refractivity contribution in [2.75, 3.05) is 24.5 Å². The number of aromatic nitrogens is 3. The van der Waals surface area contributed by atoms with Crippen LogP contribution in [0.4, 0.5) is 20.3 Å². The first-order valence-electron chi connectivity index (χ1n) is 12.0. The number of anilines is 1. The minimum absolute atomic E-state index is 0.0406. The summed E-state index contributed by atoms with van der Waals surface area (Å²) in [5.41, 5.74) is 1.77. The van der Waals surface area contributed by atoms with Gasteiger partial charge in [-0.05, 0) is 48.9 Å². The standard InChI is InChI=1S/C28H23F2N7O/c1-17-16-36(27-20(15-31)28(38)35(3)22-10-11-23(32-2)34-25(22)27)13-14-37(17)26(18-6-8-19(29)9-7-18)24-21(30)5-4-12-33-24/h4-12,17,26H,13-14,16H2,1,3H3/t17-,26?/m1/s1. The molecule has 3 aromatic heterocycles. The van der Waals surface area contributed by atoms with E-state index in [1.165, 1.54) is 35.0 Å². The van der Waals surface area contributed by atoms with E-state index in [1.54, 1.807) is 31.3 Å². The molecule has 1 fully saturated rings. The molecule has 1 aliphatic rings. The van der Waals surface area contributed by atoms with Gasteiger partial charge in [-0.2, -0.15) is 5.26 Å². The fourth-order valence-electron chi connectivity index (χ4n) is 5.16. The van der Waals surface area contributed by atoms with E-state index >= 15 is 0 Å². The van der Waals surface area contributed by atoms with Crippen LogP contribution in [-0.2, 0) is 7.05 Å². The molecule has 4 heterocycles. The topological polar surface area (TPSA) is 82.4 Å². The van der Waals surface area contributed by atoms with E-state index in [2.05, 4.69) is 19.7 Å². The van der Waals surface area contributed by atoms with Crippen molar-refractivity contribution in [3.63, 3.8) is 0 Å². The first kappa shape index (κ1) is 25.0. The zero-order valence-electron chi connectivity index (χ0n) is 20.8. The number of benzene rings is 1. The SMILES string of the molecule is [C-]#[N+]c1ccc2c(n1)c(N1CCN(C(c3ccc(F)cc3)c3ncccc3F)[C@H](C)C1)c(C#N)c(=O)n2C. The molecule has 0 saturated carbocycles. The molecule has 1 aliphatic heterocycles. The molecule has 0 amide bonds. The fourth-order valence-corrected chi connectivity index (χ4v) is 5.16. The summed E-state index contributed by atoms with van der Waals surface area (Å²) in [5, 5.41) is 9.93. The highest BCUT2D eigenvalue weighted by Gasteiger charge is 2.36. The predicted molar refractivity (Wildman–Crippen MR) is 139 cm³/mol. The lowest BCUT2D eigenvalue weighted by atomic mass is 9.97. The maximum absolute atomic E-state index is 15.0. The van der Waals surface area contributed by atoms with Crippen LogP contribution in [0.1, 0.15) is 29.8 Å². The quantitative estimate of drug-likeness (QED) is 0.380. The highest BCUT2D eigenvalue weighted by atomic mass is 19.1. The molecule has 0 N–H and O–H groups in total. The molecule has 0 aliphatic carbocycles. The van der Waals surface area contributed by atoms with Gasteiger partial charge in [-0.15, -0.1) is 4.98 Å². The fraction of sp³-hybridized carbons (Fsp3) is 0.250. The van der Waals surface area contributed by atoms with Gasteiger partial charge in [-0.3, -0.25) is 14.7 Å². The highest BCUT2D eigenvalue weighted by molar-refractivity contribution is 5.92. The number of nitriles is 1. The third kappa shape index (κ3) is 4.25. The second kappa shape index (κ2) is 10.0. The van der Waals surface area contributed by atoms with Crippen LogP contribution in [0, 0.1) is 29.5 Å². The maximum atomic E-state index is 15.0. The number of pyridine rings is 3. The molecule has 8 nitrogen and oxygen atoms in total. The van der Waals surface area contributed by atoms with Crippen LogP contribution in [0.15, 0.2) is 59.5 Å². The molecule has 190 valence electrons. The molecule has 5 rings (SSSR count). The number of nitrogens with zero attached hydrogens (tertiary/aromatic N) is 7. The van der Waals surface area contributed by atoms with Crippen LogP contribution in [0.2, 0.25) is 0 Å². The van der Waals surface area contributed by atoms with Gasteiger partial charge in [-0.25, -0.2) is 8.78 Å². The Kier molecular flexibility index (Phi) is 6.58. The molecular weight excluding hydrogens is 488 g/mol. The summed E-state index contributed by atoms with van der Waals surface area (Å²) in [6, 6.07) is 13.3. The Morgan fingerprint density at radius 3 is 2.58 bits per heavy atom. The van der Waals surface area contributed by atoms with Crippen LogP contribution in [0.25, 0.3) is 15.9 Å². The van der Waals surface area contributed by atoms with Crippen molar-refractivity contribution in [2.45, 2.75) is 19.0 Å². The third-order valence-electron chi connectivity index (χ3n) is 6.98. The van der Waals surface area contributed by atoms with Gasteiger partial charge < -0.3 is 14.3 Å². The maximum Gasteiger partial charge on any atom is 0.271 e. The van der Waals surface area contributed by atoms with E-state index < -0.39 is 17.4 Å². The van der Waals surface area contributed by atoms with Gasteiger partial charge in [0.25, 0.3) is 11.4 Å². The lowest BCUT2D eigenvalue weighted by Crippen LogP contribution is -2.54. The van der Waals surface area contributed by atoms with Crippen LogP contribution in [0.3, 0.4) is 0 Å². The van der Waals surface area contributed by atoms with E-state index in [4.69, 9.17) is 6.57 Å². The van der Waals surface area contributed by atoms with E-state index in [0.717, 1.165) is 0 Å². The lowest BCUT2D eigenvalue weighted by Gasteiger charge is -2.44. The Balaban J connectivity index is 1.58. The zero-order chi connectivity index (χ0) is 27.0. The molecule has 1 unspecified atom stereocenters. The van der Waals surface area contributed by atoms with Crippen molar-refractivity contribution < 1.29 is 8.78 Å². The number of hydrogen-bond donors (Lipinski definition) is 0. The molecule has 2 atom stereocenters. The molecule has 1 aromatic carbocycles. The molecule has 0 radical (unpaired) electrons. The second-order valence-electron chi connectivity index (χ2n) is 9.21. The minimum Gasteiger partial charge on any atom is -0.364 e. The molecule has 1 saturated heterocycles. The van der Waals surface area contributed by atoms with Crippen LogP contribution < -0.4 is 10.5 Å². The van der Waals surface area contributed by atoms with E-state index in [1.807, 2.05) is 17.9 Å².